The molecule has 0 bridgehead atoms. The fraction of sp³-hybridized carbons (Fsp3) is 0.214. The van der Waals surface area contributed by atoms with Crippen LogP contribution >= 0.6 is 22.7 Å². The zero-order valence-electron chi connectivity index (χ0n) is 10.9. The molecule has 0 radical (unpaired) electrons. The molecule has 1 aliphatic carbocycles. The lowest BCUT2D eigenvalue weighted by Crippen LogP contribution is -2.10. The molecule has 5 nitrogen and oxygen atoms in total. The molecule has 0 spiro atoms. The molecule has 3 heterocycles. The molecule has 1 aliphatic rings. The number of thiophene rings is 2. The van der Waals surface area contributed by atoms with Crippen molar-refractivity contribution >= 4 is 34.3 Å². The van der Waals surface area contributed by atoms with Crippen LogP contribution in [-0.2, 0) is 0 Å². The first-order chi connectivity index (χ1) is 10.3. The van der Waals surface area contributed by atoms with Gasteiger partial charge in [0.05, 0.1) is 11.3 Å². The number of nitrogens with one attached hydrogen (secondary N) is 1. The van der Waals surface area contributed by atoms with Gasteiger partial charge in [0, 0.05) is 11.3 Å². The van der Waals surface area contributed by atoms with Gasteiger partial charge in [-0.3, -0.25) is 4.79 Å². The molecule has 3 aromatic rings. The Bertz CT molecular complexity index is 772. The number of amides is 1. The Morgan fingerprint density at radius 2 is 2.19 bits per heavy atom. The summed E-state index contributed by atoms with van der Waals surface area (Å²) in [7, 11) is 0. The fourth-order valence-corrected chi connectivity index (χ4v) is 3.39. The van der Waals surface area contributed by atoms with Gasteiger partial charge in [-0.15, -0.1) is 21.5 Å². The van der Waals surface area contributed by atoms with E-state index in [9.17, 15) is 4.79 Å². The molecule has 0 aromatic carbocycles. The highest BCUT2D eigenvalue weighted by Gasteiger charge is 2.30. The van der Waals surface area contributed by atoms with E-state index in [-0.39, 0.29) is 5.91 Å². The second-order valence-corrected chi connectivity index (χ2v) is 6.55. The third-order valence-corrected chi connectivity index (χ3v) is 4.84. The van der Waals surface area contributed by atoms with Crippen LogP contribution in [0.4, 0.5) is 5.69 Å². The van der Waals surface area contributed by atoms with Gasteiger partial charge in [0.2, 0.25) is 5.89 Å². The minimum absolute atomic E-state index is 0.127. The Balaban J connectivity index is 1.59. The summed E-state index contributed by atoms with van der Waals surface area (Å²) < 4.78 is 5.70. The average molecular weight is 317 g/mol. The first-order valence-corrected chi connectivity index (χ1v) is 8.38. The quantitative estimate of drug-likeness (QED) is 0.790. The van der Waals surface area contributed by atoms with Gasteiger partial charge in [-0.1, -0.05) is 0 Å². The van der Waals surface area contributed by atoms with Crippen LogP contribution < -0.4 is 5.32 Å². The van der Waals surface area contributed by atoms with Gasteiger partial charge in [0.15, 0.2) is 0 Å². The van der Waals surface area contributed by atoms with E-state index >= 15 is 0 Å². The lowest BCUT2D eigenvalue weighted by molar-refractivity contribution is 0.102. The standard InChI is InChI=1S/C14H11N3O2S2/c18-12(9-3-5-20-7-9)15-10-4-6-21-11(10)14-17-16-13(19-14)8-1-2-8/h3-8H,1-2H2,(H,15,18). The SMILES string of the molecule is O=C(Nc1ccsc1-c1nnc(C2CC2)o1)c1ccsc1. The van der Waals surface area contributed by atoms with Crippen molar-refractivity contribution in [3.63, 3.8) is 0 Å². The second kappa shape index (κ2) is 5.09. The molecule has 0 aliphatic heterocycles. The maximum absolute atomic E-state index is 12.1. The van der Waals surface area contributed by atoms with Gasteiger partial charge < -0.3 is 9.73 Å². The topological polar surface area (TPSA) is 68.0 Å². The van der Waals surface area contributed by atoms with Gasteiger partial charge in [0.25, 0.3) is 11.8 Å². The van der Waals surface area contributed by atoms with Gasteiger partial charge >= 0.3 is 0 Å². The van der Waals surface area contributed by atoms with E-state index in [1.807, 2.05) is 22.2 Å². The van der Waals surface area contributed by atoms with Crippen molar-refractivity contribution in [2.45, 2.75) is 18.8 Å². The van der Waals surface area contributed by atoms with Crippen molar-refractivity contribution in [1.29, 1.82) is 0 Å². The molecule has 21 heavy (non-hydrogen) atoms. The van der Waals surface area contributed by atoms with Crippen LogP contribution in [0.15, 0.2) is 32.7 Å². The average Bonchev–Trinajstić information content (AvgIpc) is 2.95. The van der Waals surface area contributed by atoms with Crippen molar-refractivity contribution in [2.24, 2.45) is 0 Å². The van der Waals surface area contributed by atoms with Crippen LogP contribution in [0.3, 0.4) is 0 Å². The van der Waals surface area contributed by atoms with Gasteiger partial charge in [-0.2, -0.15) is 11.3 Å². The summed E-state index contributed by atoms with van der Waals surface area (Å²) >= 11 is 2.97. The number of carbonyl (C=O) groups excluding carboxylic acids is 1. The van der Waals surface area contributed by atoms with Crippen molar-refractivity contribution in [3.8, 4) is 10.8 Å². The molecule has 106 valence electrons. The fourth-order valence-electron chi connectivity index (χ4n) is 1.98. The van der Waals surface area contributed by atoms with Crippen LogP contribution in [0.25, 0.3) is 10.8 Å². The van der Waals surface area contributed by atoms with Gasteiger partial charge in [0.1, 0.15) is 4.88 Å². The number of anilines is 1. The Hall–Kier alpha value is -1.99. The van der Waals surface area contributed by atoms with Gasteiger partial charge in [-0.25, -0.2) is 0 Å². The summed E-state index contributed by atoms with van der Waals surface area (Å²) in [5.41, 5.74) is 1.36. The maximum Gasteiger partial charge on any atom is 0.259 e. The molecule has 3 aromatic heterocycles. The van der Waals surface area contributed by atoms with Crippen LogP contribution in [0.2, 0.25) is 0 Å². The number of rotatable bonds is 4. The minimum Gasteiger partial charge on any atom is -0.420 e. The summed E-state index contributed by atoms with van der Waals surface area (Å²) in [6.07, 6.45) is 2.24. The van der Waals surface area contributed by atoms with E-state index in [1.54, 1.807) is 6.07 Å². The highest BCUT2D eigenvalue weighted by atomic mass is 32.1. The first kappa shape index (κ1) is 12.7. The van der Waals surface area contributed by atoms with E-state index in [0.29, 0.717) is 29.0 Å². The largest absolute Gasteiger partial charge is 0.420 e. The van der Waals surface area contributed by atoms with E-state index in [4.69, 9.17) is 4.42 Å². The molecular formula is C14H11N3O2S2. The summed E-state index contributed by atoms with van der Waals surface area (Å²) in [6, 6.07) is 3.65. The lowest BCUT2D eigenvalue weighted by Gasteiger charge is -2.02. The lowest BCUT2D eigenvalue weighted by atomic mass is 10.3. The maximum atomic E-state index is 12.1. The Labute approximate surface area is 128 Å². The molecule has 1 N–H and O–H groups in total. The second-order valence-electron chi connectivity index (χ2n) is 4.85. The summed E-state index contributed by atoms with van der Waals surface area (Å²) in [5.74, 6) is 1.48. The Kier molecular flexibility index (Phi) is 3.08. The zero-order valence-corrected chi connectivity index (χ0v) is 12.5. The normalized spacial score (nSPS) is 14.3. The van der Waals surface area contributed by atoms with Crippen LogP contribution in [0, 0.1) is 0 Å². The third kappa shape index (κ3) is 2.50. The number of hydrogen-bond acceptors (Lipinski definition) is 6. The van der Waals surface area contributed by atoms with Crippen LogP contribution in [0.1, 0.15) is 35.0 Å². The zero-order chi connectivity index (χ0) is 14.2. The first-order valence-electron chi connectivity index (χ1n) is 6.56. The molecule has 4 rings (SSSR count). The highest BCUT2D eigenvalue weighted by molar-refractivity contribution is 7.14. The molecule has 1 fully saturated rings. The molecule has 0 atom stereocenters. The van der Waals surface area contributed by atoms with Crippen LogP contribution in [0.5, 0.6) is 0 Å². The molecule has 1 saturated carbocycles. The van der Waals surface area contributed by atoms with E-state index in [1.165, 1.54) is 22.7 Å². The monoisotopic (exact) mass is 317 g/mol. The van der Waals surface area contributed by atoms with E-state index < -0.39 is 0 Å². The summed E-state index contributed by atoms with van der Waals surface area (Å²) in [5, 5.41) is 16.7. The predicted molar refractivity (Wildman–Crippen MR) is 81.9 cm³/mol. The number of hydrogen-bond donors (Lipinski definition) is 1. The number of carbonyl (C=O) groups is 1. The predicted octanol–water partition coefficient (Wildman–Crippen LogP) is 3.99. The van der Waals surface area contributed by atoms with Crippen molar-refractivity contribution < 1.29 is 9.21 Å². The Morgan fingerprint density at radius 3 is 2.95 bits per heavy atom. The number of nitrogens with zero attached hydrogens (tertiary/aromatic N) is 2. The van der Waals surface area contributed by atoms with E-state index in [0.717, 1.165) is 17.7 Å². The van der Waals surface area contributed by atoms with Crippen molar-refractivity contribution in [2.75, 3.05) is 5.32 Å². The van der Waals surface area contributed by atoms with Gasteiger partial charge in [-0.05, 0) is 35.7 Å². The van der Waals surface area contributed by atoms with Crippen molar-refractivity contribution in [3.05, 3.63) is 39.7 Å². The Morgan fingerprint density at radius 1 is 1.29 bits per heavy atom. The third-order valence-electron chi connectivity index (χ3n) is 3.26. The van der Waals surface area contributed by atoms with E-state index in [2.05, 4.69) is 15.5 Å². The van der Waals surface area contributed by atoms with Crippen LogP contribution in [-0.4, -0.2) is 16.1 Å². The molecule has 1 amide bonds. The van der Waals surface area contributed by atoms with Crippen molar-refractivity contribution in [1.82, 2.24) is 10.2 Å². The summed E-state index contributed by atoms with van der Waals surface area (Å²) in [6.45, 7) is 0. The molecule has 0 saturated heterocycles. The highest BCUT2D eigenvalue weighted by Crippen LogP contribution is 2.41. The number of aromatic nitrogens is 2. The molecule has 0 unspecified atom stereocenters. The summed E-state index contributed by atoms with van der Waals surface area (Å²) in [4.78, 5) is 12.9. The minimum atomic E-state index is -0.127. The molecule has 7 heteroatoms. The smallest absolute Gasteiger partial charge is 0.259 e. The molecular weight excluding hydrogens is 306 g/mol.